The van der Waals surface area contributed by atoms with Crippen molar-refractivity contribution in [3.05, 3.63) is 89.2 Å². The first kappa shape index (κ1) is 28.6. The number of nitrogens with zero attached hydrogens (tertiary/aromatic N) is 1. The van der Waals surface area contributed by atoms with Crippen molar-refractivity contribution >= 4 is 17.0 Å². The highest BCUT2D eigenvalue weighted by molar-refractivity contribution is 5.91. The molecule has 2 heterocycles. The van der Waals surface area contributed by atoms with E-state index in [2.05, 4.69) is 27.4 Å². The Morgan fingerprint density at radius 3 is 2.61 bits per heavy atom. The molecule has 1 aromatic heterocycles. The van der Waals surface area contributed by atoms with Crippen LogP contribution in [0.25, 0.3) is 11.0 Å². The number of nitrogens with one attached hydrogen (secondary N) is 2. The average molecular weight is 560 g/mol. The van der Waals surface area contributed by atoms with Crippen molar-refractivity contribution in [2.45, 2.75) is 38.1 Å². The monoisotopic (exact) mass is 559 g/mol. The Morgan fingerprint density at radius 1 is 0.951 bits per heavy atom. The molecule has 0 saturated carbocycles. The highest BCUT2D eigenvalue weighted by Crippen LogP contribution is 2.30. The summed E-state index contributed by atoms with van der Waals surface area (Å²) in [5, 5.41) is 3.46. The SMILES string of the molecule is COC(=O)c1nc2c(COC3CNCCC3c3ccc(OCCCOCc4ccccc4OC)cc3)cccc2[nH]1. The fourth-order valence-corrected chi connectivity index (χ4v) is 5.15. The maximum Gasteiger partial charge on any atom is 0.374 e. The zero-order chi connectivity index (χ0) is 28.4. The predicted molar refractivity (Wildman–Crippen MR) is 155 cm³/mol. The molecule has 3 aromatic carbocycles. The second kappa shape index (κ2) is 14.1. The number of fused-ring (bicyclic) bond motifs is 1. The van der Waals surface area contributed by atoms with E-state index in [1.54, 1.807) is 7.11 Å². The number of aromatic nitrogens is 2. The summed E-state index contributed by atoms with van der Waals surface area (Å²) in [5.41, 5.74) is 4.70. The van der Waals surface area contributed by atoms with E-state index in [1.807, 2.05) is 54.6 Å². The molecule has 1 fully saturated rings. The number of carbonyl (C=O) groups excluding carboxylic acids is 1. The smallest absolute Gasteiger partial charge is 0.374 e. The second-order valence-corrected chi connectivity index (χ2v) is 9.97. The van der Waals surface area contributed by atoms with E-state index >= 15 is 0 Å². The zero-order valence-corrected chi connectivity index (χ0v) is 23.6. The lowest BCUT2D eigenvalue weighted by atomic mass is 9.87. The van der Waals surface area contributed by atoms with Gasteiger partial charge in [0.15, 0.2) is 0 Å². The number of aromatic amines is 1. The molecule has 2 unspecified atom stereocenters. The molecule has 2 atom stereocenters. The van der Waals surface area contributed by atoms with E-state index < -0.39 is 5.97 Å². The van der Waals surface area contributed by atoms with Crippen molar-refractivity contribution in [2.75, 3.05) is 40.5 Å². The molecule has 5 rings (SSSR count). The van der Waals surface area contributed by atoms with Crippen molar-refractivity contribution in [1.29, 1.82) is 0 Å². The lowest BCUT2D eigenvalue weighted by Gasteiger charge is -2.32. The van der Waals surface area contributed by atoms with Crippen molar-refractivity contribution < 1.29 is 28.5 Å². The third kappa shape index (κ3) is 7.24. The molecule has 0 bridgehead atoms. The van der Waals surface area contributed by atoms with Crippen LogP contribution < -0.4 is 14.8 Å². The summed E-state index contributed by atoms with van der Waals surface area (Å²) in [6, 6.07) is 22.0. The number of ether oxygens (including phenoxy) is 5. The van der Waals surface area contributed by atoms with Crippen molar-refractivity contribution in [1.82, 2.24) is 15.3 Å². The van der Waals surface area contributed by atoms with Gasteiger partial charge < -0.3 is 34.0 Å². The molecular formula is C32H37N3O6. The number of esters is 1. The molecule has 1 saturated heterocycles. The molecule has 0 aliphatic carbocycles. The molecule has 2 N–H and O–H groups in total. The van der Waals surface area contributed by atoms with Gasteiger partial charge in [0.25, 0.3) is 0 Å². The van der Waals surface area contributed by atoms with Crippen molar-refractivity contribution in [2.24, 2.45) is 0 Å². The molecule has 1 aliphatic rings. The van der Waals surface area contributed by atoms with E-state index in [-0.39, 0.29) is 17.8 Å². The largest absolute Gasteiger partial charge is 0.496 e. The Morgan fingerprint density at radius 2 is 1.78 bits per heavy atom. The fourth-order valence-electron chi connectivity index (χ4n) is 5.15. The Bertz CT molecular complexity index is 1420. The summed E-state index contributed by atoms with van der Waals surface area (Å²) in [4.78, 5) is 19.4. The maximum atomic E-state index is 11.9. The van der Waals surface area contributed by atoms with Gasteiger partial charge in [-0.3, -0.25) is 0 Å². The normalized spacial score (nSPS) is 16.9. The van der Waals surface area contributed by atoms with Gasteiger partial charge in [-0.2, -0.15) is 0 Å². The lowest BCUT2D eigenvalue weighted by Crippen LogP contribution is -2.40. The standard InChI is InChI=1S/C32H37N3O6/c1-37-28-10-4-3-7-23(28)20-39-17-6-18-40-25-13-11-22(12-14-25)26-15-16-33-19-29(26)41-21-24-8-5-9-27-30(24)35-31(34-27)32(36)38-2/h3-5,7-14,26,29,33H,6,15-21H2,1-2H3,(H,34,35). The highest BCUT2D eigenvalue weighted by atomic mass is 16.5. The minimum absolute atomic E-state index is 0.00480. The lowest BCUT2D eigenvalue weighted by molar-refractivity contribution is 0.0110. The van der Waals surface area contributed by atoms with Gasteiger partial charge in [-0.05, 0) is 42.8 Å². The topological polar surface area (TPSA) is 104 Å². The van der Waals surface area contributed by atoms with Crippen LogP contribution in [-0.4, -0.2) is 62.6 Å². The summed E-state index contributed by atoms with van der Waals surface area (Å²) in [6.45, 7) is 3.81. The van der Waals surface area contributed by atoms with Gasteiger partial charge in [-0.25, -0.2) is 9.78 Å². The Hall–Kier alpha value is -3.92. The minimum atomic E-state index is -0.491. The zero-order valence-electron chi connectivity index (χ0n) is 23.6. The number of imidazole rings is 1. The van der Waals surface area contributed by atoms with Gasteiger partial charge >= 0.3 is 5.97 Å². The molecule has 9 nitrogen and oxygen atoms in total. The van der Waals surface area contributed by atoms with Crippen LogP contribution in [0, 0.1) is 0 Å². The van der Waals surface area contributed by atoms with Gasteiger partial charge in [0.1, 0.15) is 11.5 Å². The molecule has 0 radical (unpaired) electrons. The second-order valence-electron chi connectivity index (χ2n) is 9.97. The van der Waals surface area contributed by atoms with E-state index in [1.165, 1.54) is 12.7 Å². The van der Waals surface area contributed by atoms with Crippen molar-refractivity contribution in [3.8, 4) is 11.5 Å². The van der Waals surface area contributed by atoms with Crippen LogP contribution in [-0.2, 0) is 27.4 Å². The van der Waals surface area contributed by atoms with E-state index in [0.29, 0.717) is 26.4 Å². The van der Waals surface area contributed by atoms with Crippen LogP contribution in [0.5, 0.6) is 11.5 Å². The molecule has 1 aliphatic heterocycles. The first-order chi connectivity index (χ1) is 20.2. The minimum Gasteiger partial charge on any atom is -0.496 e. The molecule has 41 heavy (non-hydrogen) atoms. The number of rotatable bonds is 13. The van der Waals surface area contributed by atoms with E-state index in [9.17, 15) is 4.79 Å². The fraction of sp³-hybridized carbons (Fsp3) is 0.375. The number of benzene rings is 3. The van der Waals surface area contributed by atoms with Gasteiger partial charge in [-0.15, -0.1) is 0 Å². The Kier molecular flexibility index (Phi) is 9.85. The Balaban J connectivity index is 1.11. The van der Waals surface area contributed by atoms with Crippen LogP contribution >= 0.6 is 0 Å². The summed E-state index contributed by atoms with van der Waals surface area (Å²) in [5.74, 6) is 1.65. The third-order valence-electron chi connectivity index (χ3n) is 7.31. The third-order valence-corrected chi connectivity index (χ3v) is 7.31. The Labute approximate surface area is 240 Å². The number of H-pyrrole nitrogens is 1. The maximum absolute atomic E-state index is 11.9. The van der Waals surface area contributed by atoms with Crippen LogP contribution in [0.1, 0.15) is 46.1 Å². The van der Waals surface area contributed by atoms with Crippen LogP contribution in [0.3, 0.4) is 0 Å². The number of carbonyl (C=O) groups is 1. The summed E-state index contributed by atoms with van der Waals surface area (Å²) in [7, 11) is 3.01. The first-order valence-corrected chi connectivity index (χ1v) is 14.0. The molecule has 216 valence electrons. The van der Waals surface area contributed by atoms with Gasteiger partial charge in [0.05, 0.1) is 57.8 Å². The first-order valence-electron chi connectivity index (χ1n) is 14.0. The summed E-state index contributed by atoms with van der Waals surface area (Å²) in [6.07, 6.45) is 1.78. The van der Waals surface area contributed by atoms with Gasteiger partial charge in [0, 0.05) is 30.0 Å². The quantitative estimate of drug-likeness (QED) is 0.174. The average Bonchev–Trinajstić information content (AvgIpc) is 3.47. The summed E-state index contributed by atoms with van der Waals surface area (Å²) < 4.78 is 28.4. The molecule has 9 heteroatoms. The van der Waals surface area contributed by atoms with E-state index in [4.69, 9.17) is 23.7 Å². The number of hydrogen-bond donors (Lipinski definition) is 2. The number of hydrogen-bond acceptors (Lipinski definition) is 8. The van der Waals surface area contributed by atoms with E-state index in [0.717, 1.165) is 59.6 Å². The number of para-hydroxylation sites is 2. The van der Waals surface area contributed by atoms with Crippen LogP contribution in [0.15, 0.2) is 66.7 Å². The number of piperidine rings is 1. The molecular weight excluding hydrogens is 522 g/mol. The summed E-state index contributed by atoms with van der Waals surface area (Å²) >= 11 is 0. The molecule has 0 spiro atoms. The molecule has 0 amide bonds. The molecule has 4 aromatic rings. The van der Waals surface area contributed by atoms with Crippen LogP contribution in [0.4, 0.5) is 0 Å². The van der Waals surface area contributed by atoms with Crippen LogP contribution in [0.2, 0.25) is 0 Å². The van der Waals surface area contributed by atoms with Gasteiger partial charge in [0.2, 0.25) is 5.82 Å². The van der Waals surface area contributed by atoms with Crippen molar-refractivity contribution in [3.63, 3.8) is 0 Å². The predicted octanol–water partition coefficient (Wildman–Crippen LogP) is 5.01. The van der Waals surface area contributed by atoms with Gasteiger partial charge in [-0.1, -0.05) is 42.5 Å². The number of methoxy groups -OCH3 is 2. The highest BCUT2D eigenvalue weighted by Gasteiger charge is 2.27.